The largest absolute Gasteiger partial charge is 0.466 e. The molecule has 0 aliphatic carbocycles. The lowest BCUT2D eigenvalue weighted by atomic mass is 10.5. The maximum Gasteiger partial charge on any atom is 0.337 e. The van der Waals surface area contributed by atoms with Crippen LogP contribution in [0.3, 0.4) is 0 Å². The predicted octanol–water partition coefficient (Wildman–Crippen LogP) is 4.02. The average Bonchev–Trinajstić information content (AvgIpc) is 2.81. The number of carbonyl (C=O) groups is 3. The second-order valence-corrected chi connectivity index (χ2v) is 29.5. The van der Waals surface area contributed by atoms with Crippen LogP contribution in [0.5, 0.6) is 0 Å². The summed E-state index contributed by atoms with van der Waals surface area (Å²) < 4.78 is 47.2. The Labute approximate surface area is 237 Å². The summed E-state index contributed by atoms with van der Waals surface area (Å²) in [4.78, 5) is 33.6. The van der Waals surface area contributed by atoms with Crippen molar-refractivity contribution < 1.29 is 50.1 Å². The van der Waals surface area contributed by atoms with Crippen LogP contribution in [0.1, 0.15) is 26.2 Å². The van der Waals surface area contributed by atoms with E-state index in [4.69, 9.17) is 35.7 Å². The first-order chi connectivity index (χ1) is 18.0. The topological polar surface area (TPSA) is 125 Å². The lowest BCUT2D eigenvalue weighted by molar-refractivity contribution is -0.141. The maximum absolute atomic E-state index is 11.3. The molecule has 226 valence electrons. The third-order valence-corrected chi connectivity index (χ3v) is 25.9. The molecule has 15 heteroatoms. The quantitative estimate of drug-likeness (QED) is 0.0570. The van der Waals surface area contributed by atoms with Crippen molar-refractivity contribution in [3.63, 3.8) is 0 Å². The second kappa shape index (κ2) is 18.1. The molecule has 0 radical (unpaired) electrons. The van der Waals surface area contributed by atoms with Gasteiger partial charge in [-0.05, 0) is 45.8 Å². The lowest BCUT2D eigenvalue weighted by Crippen LogP contribution is -2.68. The van der Waals surface area contributed by atoms with Crippen LogP contribution < -0.4 is 0 Å². The SMILES string of the molecule is C=CC(=O)OCCCO[Si](C)(C)O[Si](C)(C)O[Si](C)(OCCCOC(=O)C=C)[Si](C)(C)OCCCOC(C)=O. The highest BCUT2D eigenvalue weighted by Crippen LogP contribution is 2.29. The molecule has 1 atom stereocenters. The maximum atomic E-state index is 11.3. The van der Waals surface area contributed by atoms with Gasteiger partial charge in [0.05, 0.1) is 19.8 Å². The van der Waals surface area contributed by atoms with Crippen LogP contribution in [-0.4, -0.2) is 90.6 Å². The van der Waals surface area contributed by atoms with E-state index in [1.54, 1.807) is 0 Å². The van der Waals surface area contributed by atoms with E-state index in [2.05, 4.69) is 26.3 Å². The summed E-state index contributed by atoms with van der Waals surface area (Å²) in [6.07, 6.45) is 3.83. The van der Waals surface area contributed by atoms with Gasteiger partial charge in [-0.15, -0.1) is 0 Å². The zero-order valence-electron chi connectivity index (χ0n) is 24.9. The van der Waals surface area contributed by atoms with Crippen molar-refractivity contribution in [3.8, 4) is 0 Å². The zero-order chi connectivity index (χ0) is 30.2. The van der Waals surface area contributed by atoms with Gasteiger partial charge >= 0.3 is 43.1 Å². The molecule has 0 aromatic heterocycles. The summed E-state index contributed by atoms with van der Waals surface area (Å²) in [6, 6.07) is 0. The van der Waals surface area contributed by atoms with Gasteiger partial charge in [0.2, 0.25) is 7.83 Å². The van der Waals surface area contributed by atoms with Crippen LogP contribution in [0.4, 0.5) is 0 Å². The molecule has 0 aromatic rings. The van der Waals surface area contributed by atoms with Crippen molar-refractivity contribution in [2.75, 3.05) is 39.6 Å². The second-order valence-electron chi connectivity index (χ2n) is 10.1. The van der Waals surface area contributed by atoms with Gasteiger partial charge in [-0.3, -0.25) is 4.79 Å². The van der Waals surface area contributed by atoms with Crippen LogP contribution >= 0.6 is 0 Å². The molecule has 0 bridgehead atoms. The number of carbonyl (C=O) groups excluding carboxylic acids is 3. The van der Waals surface area contributed by atoms with E-state index in [1.165, 1.54) is 6.92 Å². The summed E-state index contributed by atoms with van der Waals surface area (Å²) in [7, 11) is -10.9. The highest BCUT2D eigenvalue weighted by atomic mass is 29.3. The first kappa shape index (κ1) is 37.6. The Balaban J connectivity index is 5.29. The lowest BCUT2D eigenvalue weighted by Gasteiger charge is -2.44. The normalized spacial score (nSPS) is 13.7. The third-order valence-electron chi connectivity index (χ3n) is 5.31. The molecular weight excluding hydrogens is 577 g/mol. The molecule has 0 aliphatic rings. The van der Waals surface area contributed by atoms with E-state index in [0.29, 0.717) is 39.1 Å². The minimum absolute atomic E-state index is 0.202. The molecule has 0 spiro atoms. The summed E-state index contributed by atoms with van der Waals surface area (Å²) in [5.74, 6) is -1.27. The van der Waals surface area contributed by atoms with Crippen molar-refractivity contribution in [1.82, 2.24) is 0 Å². The monoisotopic (exact) mass is 624 g/mol. The summed E-state index contributed by atoms with van der Waals surface area (Å²) in [6.45, 7) is 23.9. The fraction of sp³-hybridized carbons (Fsp3) is 0.708. The number of esters is 3. The van der Waals surface area contributed by atoms with E-state index in [0.717, 1.165) is 12.2 Å². The Morgan fingerprint density at radius 3 is 1.49 bits per heavy atom. The molecule has 0 N–H and O–H groups in total. The van der Waals surface area contributed by atoms with Crippen molar-refractivity contribution in [1.29, 1.82) is 0 Å². The molecular formula is C24H48O11Si4. The van der Waals surface area contributed by atoms with Crippen LogP contribution in [0.2, 0.25) is 45.8 Å². The summed E-state index contributed by atoms with van der Waals surface area (Å²) >= 11 is 0. The molecule has 1 unspecified atom stereocenters. The van der Waals surface area contributed by atoms with Gasteiger partial charge in [-0.2, -0.15) is 0 Å². The molecule has 0 aromatic carbocycles. The number of hydrogen-bond donors (Lipinski definition) is 0. The van der Waals surface area contributed by atoms with Gasteiger partial charge in [-0.25, -0.2) is 9.59 Å². The standard InChI is InChI=1S/C24H48O11Si4/c1-11-23(26)29-17-14-19-31-36(4,5)34-37(6,7)35-39(10,33-21-15-18-30-24(27)12-2)38(8,9)32-20-13-16-28-22(3)25/h11-12H,1-2,13-21H2,3-10H3. The zero-order valence-corrected chi connectivity index (χ0v) is 28.9. The van der Waals surface area contributed by atoms with E-state index in [-0.39, 0.29) is 25.8 Å². The van der Waals surface area contributed by atoms with Gasteiger partial charge < -0.3 is 35.7 Å². The predicted molar refractivity (Wildman–Crippen MR) is 157 cm³/mol. The van der Waals surface area contributed by atoms with Crippen LogP contribution in [0.15, 0.2) is 25.3 Å². The minimum Gasteiger partial charge on any atom is -0.466 e. The summed E-state index contributed by atoms with van der Waals surface area (Å²) in [5.41, 5.74) is 0. The Hall–Kier alpha value is -1.44. The van der Waals surface area contributed by atoms with E-state index in [1.807, 2.05) is 32.7 Å². The first-order valence-electron chi connectivity index (χ1n) is 13.0. The fourth-order valence-electron chi connectivity index (χ4n) is 3.34. The molecule has 0 saturated heterocycles. The number of rotatable bonds is 22. The van der Waals surface area contributed by atoms with Gasteiger partial charge in [-0.1, -0.05) is 13.2 Å². The Kier molecular flexibility index (Phi) is 17.4. The average molecular weight is 625 g/mol. The first-order valence-corrected chi connectivity index (χ1v) is 24.9. The molecule has 0 rings (SSSR count). The van der Waals surface area contributed by atoms with Gasteiger partial charge in [0.25, 0.3) is 0 Å². The van der Waals surface area contributed by atoms with Crippen LogP contribution in [-0.2, 0) is 50.1 Å². The smallest absolute Gasteiger partial charge is 0.337 e. The molecule has 11 nitrogen and oxygen atoms in total. The van der Waals surface area contributed by atoms with Crippen molar-refractivity contribution in [2.24, 2.45) is 0 Å². The van der Waals surface area contributed by atoms with Crippen molar-refractivity contribution in [3.05, 3.63) is 25.3 Å². The fourth-order valence-corrected chi connectivity index (χ4v) is 23.1. The molecule has 0 heterocycles. The Morgan fingerprint density at radius 1 is 0.590 bits per heavy atom. The number of hydrogen-bond acceptors (Lipinski definition) is 11. The molecule has 0 amide bonds. The third kappa shape index (κ3) is 17.1. The van der Waals surface area contributed by atoms with E-state index < -0.39 is 45.0 Å². The van der Waals surface area contributed by atoms with Crippen LogP contribution in [0.25, 0.3) is 0 Å². The molecule has 0 fully saturated rings. The molecule has 0 saturated carbocycles. The van der Waals surface area contributed by atoms with Crippen molar-refractivity contribution >= 4 is 50.9 Å². The summed E-state index contributed by atoms with van der Waals surface area (Å²) in [5, 5.41) is 0. The minimum atomic E-state index is -2.96. The van der Waals surface area contributed by atoms with E-state index >= 15 is 0 Å². The van der Waals surface area contributed by atoms with Gasteiger partial charge in [0.1, 0.15) is 0 Å². The number of ether oxygens (including phenoxy) is 3. The van der Waals surface area contributed by atoms with Crippen LogP contribution in [0, 0.1) is 0 Å². The highest BCUT2D eigenvalue weighted by Gasteiger charge is 2.56. The van der Waals surface area contributed by atoms with Gasteiger partial charge in [0, 0.05) is 58.2 Å². The van der Waals surface area contributed by atoms with E-state index in [9.17, 15) is 14.4 Å². The molecule has 0 aliphatic heterocycles. The molecule has 39 heavy (non-hydrogen) atoms. The Morgan fingerprint density at radius 2 is 1.03 bits per heavy atom. The van der Waals surface area contributed by atoms with Crippen molar-refractivity contribution in [2.45, 2.75) is 72.0 Å². The van der Waals surface area contributed by atoms with Gasteiger partial charge in [0.15, 0.2) is 0 Å². The Bertz CT molecular complexity index is 805. The highest BCUT2D eigenvalue weighted by molar-refractivity contribution is 7.34.